The van der Waals surface area contributed by atoms with E-state index < -0.39 is 0 Å². The maximum Gasteiger partial charge on any atom is 0.252 e. The van der Waals surface area contributed by atoms with Crippen LogP contribution in [0, 0.1) is 0 Å². The number of para-hydroxylation sites is 6. The molecule has 294 valence electrons. The molecule has 0 bridgehead atoms. The molecule has 2 aromatic heterocycles. The first-order chi connectivity index (χ1) is 31.7. The Morgan fingerprint density at radius 1 is 0.312 bits per heavy atom. The molecule has 0 fully saturated rings. The van der Waals surface area contributed by atoms with Gasteiger partial charge in [-0.3, -0.25) is 9.59 Å². The van der Waals surface area contributed by atoms with Gasteiger partial charge in [-0.05, 0) is 124 Å². The topological polar surface area (TPSA) is 50.5 Å². The maximum atomic E-state index is 14.7. The molecule has 6 nitrogen and oxygen atoms in total. The predicted molar refractivity (Wildman–Crippen MR) is 266 cm³/mol. The molecule has 0 atom stereocenters. The summed E-state index contributed by atoms with van der Waals surface area (Å²) < 4.78 is 4.74. The van der Waals surface area contributed by atoms with Crippen molar-refractivity contribution in [1.82, 2.24) is 9.13 Å². The lowest BCUT2D eigenvalue weighted by molar-refractivity contribution is 1.13. The van der Waals surface area contributed by atoms with Crippen molar-refractivity contribution in [3.05, 3.63) is 215 Å². The molecule has 8 heteroatoms. The lowest BCUT2D eigenvalue weighted by Gasteiger charge is -2.43. The van der Waals surface area contributed by atoms with Gasteiger partial charge in [-0.2, -0.15) is 0 Å². The van der Waals surface area contributed by atoms with Gasteiger partial charge in [0.2, 0.25) is 0 Å². The Kier molecular flexibility index (Phi) is 6.52. The number of aromatic nitrogens is 2. The molecule has 15 rings (SSSR count). The number of pyridine rings is 2. The molecule has 9 aromatic carbocycles. The summed E-state index contributed by atoms with van der Waals surface area (Å²) in [7, 11) is 0. The second kappa shape index (κ2) is 12.2. The van der Waals surface area contributed by atoms with Crippen molar-refractivity contribution in [2.75, 3.05) is 9.80 Å². The van der Waals surface area contributed by atoms with Crippen LogP contribution < -0.4 is 53.4 Å². The van der Waals surface area contributed by atoms with Crippen LogP contribution in [0.1, 0.15) is 0 Å². The van der Waals surface area contributed by atoms with Crippen LogP contribution in [-0.4, -0.2) is 22.6 Å². The monoisotopic (exact) mass is 814 g/mol. The van der Waals surface area contributed by atoms with Crippen molar-refractivity contribution in [3.8, 4) is 11.4 Å². The van der Waals surface area contributed by atoms with Crippen molar-refractivity contribution in [1.29, 1.82) is 0 Å². The summed E-state index contributed by atoms with van der Waals surface area (Å²) in [6, 6.07) is 68.1. The largest absolute Gasteiger partial charge is 0.311 e. The Morgan fingerprint density at radius 2 is 0.719 bits per heavy atom. The molecule has 4 aliphatic heterocycles. The van der Waals surface area contributed by atoms with Crippen LogP contribution in [0.5, 0.6) is 0 Å². The second-order valence-corrected chi connectivity index (χ2v) is 17.4. The maximum absolute atomic E-state index is 14.7. The lowest BCUT2D eigenvalue weighted by atomic mass is 9.30. The summed E-state index contributed by atoms with van der Waals surface area (Å²) in [4.78, 5) is 34.2. The standard InChI is InChI=1S/C56H32B2N4O2/c63-55-35-19-7-11-23-43(35)61-49-32-50-42(31-41(49)57-39-21-9-13-25-45(39)59(33-15-3-1-4-16-33)47-29-27-37(55)53(61)51(47)57)58-40-22-10-14-26-46(40)60(34-17-5-2-6-18-34)48-30-28-38-54(52(48)58)62(50)44-24-12-8-20-36(44)56(38)64/h1-32H. The van der Waals surface area contributed by atoms with Gasteiger partial charge in [-0.25, -0.2) is 0 Å². The molecule has 6 heterocycles. The fourth-order valence-electron chi connectivity index (χ4n) is 12.0. The van der Waals surface area contributed by atoms with E-state index in [1.807, 2.05) is 48.5 Å². The van der Waals surface area contributed by atoms with Gasteiger partial charge in [0.1, 0.15) is 0 Å². The van der Waals surface area contributed by atoms with Gasteiger partial charge in [0, 0.05) is 67.0 Å². The van der Waals surface area contributed by atoms with Gasteiger partial charge in [0.05, 0.1) is 22.1 Å². The normalized spacial score (nSPS) is 13.6. The molecule has 0 spiro atoms. The third kappa shape index (κ3) is 4.13. The van der Waals surface area contributed by atoms with Crippen LogP contribution in [0.3, 0.4) is 0 Å². The van der Waals surface area contributed by atoms with Crippen molar-refractivity contribution in [2.45, 2.75) is 0 Å². The number of benzene rings is 9. The smallest absolute Gasteiger partial charge is 0.252 e. The van der Waals surface area contributed by atoms with Gasteiger partial charge in [0.25, 0.3) is 13.4 Å². The van der Waals surface area contributed by atoms with E-state index in [2.05, 4.69) is 165 Å². The van der Waals surface area contributed by atoms with Crippen LogP contribution in [0.15, 0.2) is 204 Å². The lowest BCUT2D eigenvalue weighted by Crippen LogP contribution is -2.64. The number of hydrogen-bond acceptors (Lipinski definition) is 4. The van der Waals surface area contributed by atoms with Gasteiger partial charge in [-0.1, -0.05) is 103 Å². The Labute approximate surface area is 367 Å². The van der Waals surface area contributed by atoms with Crippen LogP contribution >= 0.6 is 0 Å². The first-order valence-corrected chi connectivity index (χ1v) is 21.9. The molecule has 0 saturated carbocycles. The van der Waals surface area contributed by atoms with Gasteiger partial charge in [-0.15, -0.1) is 0 Å². The SMILES string of the molecule is O=c1c2ccccc2n2c3c4c(ccc13)N(c1ccccc1)c1ccccc1B4c1cc3c(cc1-2)-n1c2ccccc2c(=O)c2ccc4c(c21)B3c1ccccc1N4c1ccccc1. The Morgan fingerprint density at radius 3 is 1.19 bits per heavy atom. The van der Waals surface area contributed by atoms with Crippen LogP contribution in [0.2, 0.25) is 0 Å². The summed E-state index contributed by atoms with van der Waals surface area (Å²) in [6.45, 7) is -0.365. The Bertz CT molecular complexity index is 3790. The molecular weight excluding hydrogens is 782 g/mol. The average Bonchev–Trinajstić information content (AvgIpc) is 3.35. The van der Waals surface area contributed by atoms with Crippen molar-refractivity contribution >= 4 is 124 Å². The highest BCUT2D eigenvalue weighted by Crippen LogP contribution is 2.43. The van der Waals surface area contributed by atoms with Crippen molar-refractivity contribution in [2.24, 2.45) is 0 Å². The summed E-state index contributed by atoms with van der Waals surface area (Å²) in [5.74, 6) is 0. The molecule has 0 radical (unpaired) electrons. The molecule has 0 unspecified atom stereocenters. The highest BCUT2D eigenvalue weighted by Gasteiger charge is 2.46. The summed E-state index contributed by atoms with van der Waals surface area (Å²) in [5.41, 5.74) is 19.2. The van der Waals surface area contributed by atoms with E-state index in [0.29, 0.717) is 21.5 Å². The molecule has 11 aromatic rings. The highest BCUT2D eigenvalue weighted by molar-refractivity contribution is 7.03. The van der Waals surface area contributed by atoms with E-state index in [1.165, 1.54) is 21.9 Å². The zero-order chi connectivity index (χ0) is 41.9. The molecular formula is C56H32B2N4O2. The van der Waals surface area contributed by atoms with Gasteiger partial charge >= 0.3 is 0 Å². The first-order valence-electron chi connectivity index (χ1n) is 21.9. The molecule has 64 heavy (non-hydrogen) atoms. The zero-order valence-electron chi connectivity index (χ0n) is 34.2. The van der Waals surface area contributed by atoms with E-state index >= 15 is 0 Å². The third-order valence-corrected chi connectivity index (χ3v) is 14.4. The summed E-state index contributed by atoms with van der Waals surface area (Å²) in [6.07, 6.45) is 0. The number of anilines is 6. The fourth-order valence-corrected chi connectivity index (χ4v) is 12.0. The number of rotatable bonds is 2. The van der Waals surface area contributed by atoms with E-state index in [-0.39, 0.29) is 24.3 Å². The Balaban J connectivity index is 1.15. The quantitative estimate of drug-likeness (QED) is 0.132. The van der Waals surface area contributed by atoms with E-state index in [1.54, 1.807) is 0 Å². The zero-order valence-corrected chi connectivity index (χ0v) is 34.2. The minimum atomic E-state index is -0.183. The summed E-state index contributed by atoms with van der Waals surface area (Å²) in [5, 5.41) is 2.77. The van der Waals surface area contributed by atoms with E-state index in [4.69, 9.17) is 0 Å². The fraction of sp³-hybridized carbons (Fsp3) is 0. The first kappa shape index (κ1) is 34.3. The minimum absolute atomic E-state index is 0.0336. The average molecular weight is 815 g/mol. The second-order valence-electron chi connectivity index (χ2n) is 17.4. The van der Waals surface area contributed by atoms with Crippen molar-refractivity contribution < 1.29 is 0 Å². The van der Waals surface area contributed by atoms with E-state index in [0.717, 1.165) is 78.5 Å². The minimum Gasteiger partial charge on any atom is -0.311 e. The molecule has 0 aliphatic carbocycles. The highest BCUT2D eigenvalue weighted by atomic mass is 16.1. The summed E-state index contributed by atoms with van der Waals surface area (Å²) >= 11 is 0. The third-order valence-electron chi connectivity index (χ3n) is 14.4. The molecule has 0 N–H and O–H groups in total. The Hall–Kier alpha value is -8.35. The van der Waals surface area contributed by atoms with E-state index in [9.17, 15) is 9.59 Å². The molecule has 0 amide bonds. The molecule has 0 saturated heterocycles. The van der Waals surface area contributed by atoms with Gasteiger partial charge in [0.15, 0.2) is 10.9 Å². The van der Waals surface area contributed by atoms with Crippen LogP contribution in [0.4, 0.5) is 34.1 Å². The van der Waals surface area contributed by atoms with Gasteiger partial charge < -0.3 is 18.9 Å². The van der Waals surface area contributed by atoms with Crippen LogP contribution in [0.25, 0.3) is 55.0 Å². The van der Waals surface area contributed by atoms with Crippen molar-refractivity contribution in [3.63, 3.8) is 0 Å². The van der Waals surface area contributed by atoms with Crippen LogP contribution in [-0.2, 0) is 0 Å². The predicted octanol–water partition coefficient (Wildman–Crippen LogP) is 7.83. The number of hydrogen-bond donors (Lipinski definition) is 0. The molecule has 4 aliphatic rings. The number of nitrogens with zero attached hydrogens (tertiary/aromatic N) is 4. The number of fused-ring (bicyclic) bond motifs is 14.